The Morgan fingerprint density at radius 2 is 1.48 bits per heavy atom. The summed E-state index contributed by atoms with van der Waals surface area (Å²) < 4.78 is 17.5. The van der Waals surface area contributed by atoms with E-state index in [1.54, 1.807) is 7.11 Å². The Morgan fingerprint density at radius 3 is 2.07 bits per heavy atom. The van der Waals surface area contributed by atoms with E-state index in [1.165, 1.54) is 75.5 Å². The van der Waals surface area contributed by atoms with Gasteiger partial charge in [-0.1, -0.05) is 95.8 Å². The van der Waals surface area contributed by atoms with Crippen LogP contribution in [0.5, 0.6) is 17.2 Å². The number of rotatable bonds is 21. The van der Waals surface area contributed by atoms with E-state index in [2.05, 4.69) is 41.6 Å². The Bertz CT molecular complexity index is 1060. The van der Waals surface area contributed by atoms with Crippen LogP contribution < -0.4 is 19.5 Å². The average Bonchev–Trinajstić information content (AvgIpc) is 3.39. The maximum absolute atomic E-state index is 12.6. The van der Waals surface area contributed by atoms with Crippen LogP contribution in [0.2, 0.25) is 0 Å². The molecule has 6 nitrogen and oxygen atoms in total. The van der Waals surface area contributed by atoms with Gasteiger partial charge in [-0.05, 0) is 48.6 Å². The van der Waals surface area contributed by atoms with Crippen molar-refractivity contribution in [3.8, 4) is 17.2 Å². The topological polar surface area (TPSA) is 60.0 Å². The van der Waals surface area contributed by atoms with Gasteiger partial charge in [-0.3, -0.25) is 4.79 Å². The number of anilines is 1. The van der Waals surface area contributed by atoms with Crippen molar-refractivity contribution in [2.45, 2.75) is 97.4 Å². The van der Waals surface area contributed by atoms with Gasteiger partial charge in [-0.15, -0.1) is 28.7 Å². The standard InChI is InChI=1S/C34H50N2O4S.BrH/c1-4-5-6-7-8-9-10-11-12-13-14-15-23-39-34-31(38-3)17-16-18-32(34)40-25-33(37)35-30-21-19-29(20-22-30)24-36-27-41-26-28(36)2;/h16-22,26H,4-15,23-25,27H2,1-3H3,(H,35,37);1H. The Balaban J connectivity index is 0.00000616. The molecule has 234 valence electrons. The molecule has 1 amide bonds. The van der Waals surface area contributed by atoms with Crippen LogP contribution in [0.3, 0.4) is 0 Å². The van der Waals surface area contributed by atoms with Crippen LogP contribution in [0.4, 0.5) is 5.69 Å². The Labute approximate surface area is 268 Å². The summed E-state index contributed by atoms with van der Waals surface area (Å²) in [7, 11) is 1.62. The molecule has 2 aromatic rings. The molecule has 1 N–H and O–H groups in total. The number of allylic oxidation sites excluding steroid dienone is 1. The summed E-state index contributed by atoms with van der Waals surface area (Å²) >= 11 is 1.82. The number of hydrogen-bond acceptors (Lipinski definition) is 6. The van der Waals surface area contributed by atoms with Crippen molar-refractivity contribution >= 4 is 40.3 Å². The Hall–Kier alpha value is -2.32. The lowest BCUT2D eigenvalue weighted by Crippen LogP contribution is -2.20. The molecule has 1 heterocycles. The maximum Gasteiger partial charge on any atom is 0.262 e. The van der Waals surface area contributed by atoms with Gasteiger partial charge in [0.2, 0.25) is 5.75 Å². The monoisotopic (exact) mass is 662 g/mol. The zero-order valence-corrected chi connectivity index (χ0v) is 28.4. The highest BCUT2D eigenvalue weighted by Gasteiger charge is 2.15. The first-order chi connectivity index (χ1) is 20.1. The van der Waals surface area contributed by atoms with E-state index >= 15 is 0 Å². The zero-order valence-electron chi connectivity index (χ0n) is 25.8. The second kappa shape index (κ2) is 21.4. The number of unbranched alkanes of at least 4 members (excludes halogenated alkanes) is 11. The summed E-state index contributed by atoms with van der Waals surface area (Å²) in [4.78, 5) is 14.9. The number of benzene rings is 2. The van der Waals surface area contributed by atoms with E-state index in [-0.39, 0.29) is 29.5 Å². The zero-order chi connectivity index (χ0) is 29.1. The number of thioether (sulfide) groups is 1. The van der Waals surface area contributed by atoms with E-state index in [0.717, 1.165) is 31.0 Å². The van der Waals surface area contributed by atoms with Crippen molar-refractivity contribution in [2.24, 2.45) is 0 Å². The largest absolute Gasteiger partial charge is 0.493 e. The van der Waals surface area contributed by atoms with Gasteiger partial charge in [0.15, 0.2) is 18.1 Å². The molecule has 0 saturated carbocycles. The summed E-state index contributed by atoms with van der Waals surface area (Å²) in [6, 6.07) is 13.5. The molecular formula is C34H51BrN2O4S. The average molecular weight is 664 g/mol. The molecule has 0 fully saturated rings. The number of amides is 1. The normalized spacial score (nSPS) is 12.5. The van der Waals surface area contributed by atoms with Crippen LogP contribution in [-0.2, 0) is 11.3 Å². The fourth-order valence-corrected chi connectivity index (χ4v) is 5.82. The third-order valence-corrected chi connectivity index (χ3v) is 8.33. The third kappa shape index (κ3) is 13.3. The first kappa shape index (κ1) is 35.9. The number of nitrogens with one attached hydrogen (secondary N) is 1. The Kier molecular flexibility index (Phi) is 18.3. The summed E-state index contributed by atoms with van der Waals surface area (Å²) in [5, 5.41) is 5.11. The van der Waals surface area contributed by atoms with Gasteiger partial charge in [0, 0.05) is 17.9 Å². The number of halogens is 1. The van der Waals surface area contributed by atoms with E-state index in [1.807, 2.05) is 42.1 Å². The second-order valence-corrected chi connectivity index (χ2v) is 11.6. The van der Waals surface area contributed by atoms with Crippen LogP contribution >= 0.6 is 28.7 Å². The number of carbonyl (C=O) groups excluding carboxylic acids is 1. The molecule has 0 atom stereocenters. The highest BCUT2D eigenvalue weighted by atomic mass is 79.9. The van der Waals surface area contributed by atoms with Crippen molar-refractivity contribution in [1.29, 1.82) is 0 Å². The van der Waals surface area contributed by atoms with Crippen molar-refractivity contribution < 1.29 is 19.0 Å². The lowest BCUT2D eigenvalue weighted by atomic mass is 10.1. The fourth-order valence-electron chi connectivity index (χ4n) is 4.88. The SMILES string of the molecule is Br.CCCCCCCCCCCCCCOc1c(OC)cccc1OCC(=O)Nc1ccc(CN2CSC=C2C)cc1. The summed E-state index contributed by atoms with van der Waals surface area (Å²) in [6.45, 7) is 5.75. The minimum Gasteiger partial charge on any atom is -0.493 e. The predicted molar refractivity (Wildman–Crippen MR) is 182 cm³/mol. The summed E-state index contributed by atoms with van der Waals surface area (Å²) in [5.41, 5.74) is 3.25. The number of nitrogens with zero attached hydrogens (tertiary/aromatic N) is 1. The van der Waals surface area contributed by atoms with Crippen molar-refractivity contribution in [3.63, 3.8) is 0 Å². The third-order valence-electron chi connectivity index (χ3n) is 7.36. The van der Waals surface area contributed by atoms with Gasteiger partial charge in [0.25, 0.3) is 5.91 Å². The molecule has 1 aliphatic heterocycles. The molecule has 1 aliphatic rings. The van der Waals surface area contributed by atoms with Crippen molar-refractivity contribution in [1.82, 2.24) is 4.90 Å². The van der Waals surface area contributed by atoms with Gasteiger partial charge in [-0.2, -0.15) is 0 Å². The number of hydrogen-bond donors (Lipinski definition) is 1. The lowest BCUT2D eigenvalue weighted by Gasteiger charge is -2.19. The number of ether oxygens (including phenoxy) is 3. The predicted octanol–water partition coefficient (Wildman–Crippen LogP) is 9.74. The second-order valence-electron chi connectivity index (χ2n) is 10.8. The van der Waals surface area contributed by atoms with Crippen LogP contribution in [0, 0.1) is 0 Å². The van der Waals surface area contributed by atoms with E-state index in [9.17, 15) is 4.79 Å². The van der Waals surface area contributed by atoms with Gasteiger partial charge in [0.05, 0.1) is 19.6 Å². The number of carbonyl (C=O) groups is 1. The van der Waals surface area contributed by atoms with Crippen LogP contribution in [0.25, 0.3) is 0 Å². The summed E-state index contributed by atoms with van der Waals surface area (Å²) in [5.74, 6) is 2.44. The molecule has 0 radical (unpaired) electrons. The van der Waals surface area contributed by atoms with Gasteiger partial charge < -0.3 is 24.4 Å². The molecule has 0 spiro atoms. The number of methoxy groups -OCH3 is 1. The van der Waals surface area contributed by atoms with Crippen LogP contribution in [0.1, 0.15) is 96.5 Å². The van der Waals surface area contributed by atoms with E-state index in [4.69, 9.17) is 14.2 Å². The van der Waals surface area contributed by atoms with Gasteiger partial charge >= 0.3 is 0 Å². The fraction of sp³-hybridized carbons (Fsp3) is 0.559. The molecule has 42 heavy (non-hydrogen) atoms. The van der Waals surface area contributed by atoms with E-state index in [0.29, 0.717) is 23.9 Å². The highest BCUT2D eigenvalue weighted by Crippen LogP contribution is 2.37. The molecule has 2 aromatic carbocycles. The maximum atomic E-state index is 12.6. The smallest absolute Gasteiger partial charge is 0.262 e. The lowest BCUT2D eigenvalue weighted by molar-refractivity contribution is -0.118. The first-order valence-electron chi connectivity index (χ1n) is 15.5. The minimum atomic E-state index is -0.220. The number of para-hydroxylation sites is 1. The van der Waals surface area contributed by atoms with Crippen molar-refractivity contribution in [2.75, 3.05) is 31.5 Å². The minimum absolute atomic E-state index is 0. The molecule has 0 aliphatic carbocycles. The Morgan fingerprint density at radius 1 is 0.857 bits per heavy atom. The quantitative estimate of drug-likeness (QED) is 0.134. The molecule has 0 saturated heterocycles. The molecule has 0 aromatic heterocycles. The van der Waals surface area contributed by atoms with Gasteiger partial charge in [-0.25, -0.2) is 0 Å². The van der Waals surface area contributed by atoms with Gasteiger partial charge in [0.1, 0.15) is 0 Å². The molecule has 0 bridgehead atoms. The molecular weight excluding hydrogens is 612 g/mol. The van der Waals surface area contributed by atoms with E-state index < -0.39 is 0 Å². The van der Waals surface area contributed by atoms with Crippen LogP contribution in [0.15, 0.2) is 53.6 Å². The first-order valence-corrected chi connectivity index (χ1v) is 16.5. The van der Waals surface area contributed by atoms with Crippen molar-refractivity contribution in [3.05, 3.63) is 59.1 Å². The van der Waals surface area contributed by atoms with Crippen LogP contribution in [-0.4, -0.2) is 37.0 Å². The molecule has 8 heteroatoms. The highest BCUT2D eigenvalue weighted by molar-refractivity contribution is 8.93. The summed E-state index contributed by atoms with van der Waals surface area (Å²) in [6.07, 6.45) is 15.6. The molecule has 0 unspecified atom stereocenters. The molecule has 3 rings (SSSR count).